The number of benzene rings is 2. The first-order chi connectivity index (χ1) is 10.7. The van der Waals surface area contributed by atoms with E-state index in [-0.39, 0.29) is 5.91 Å². The van der Waals surface area contributed by atoms with Gasteiger partial charge in [-0.2, -0.15) is 0 Å². The van der Waals surface area contributed by atoms with Crippen LogP contribution >= 0.6 is 15.9 Å². The molecule has 22 heavy (non-hydrogen) atoms. The average molecular weight is 360 g/mol. The summed E-state index contributed by atoms with van der Waals surface area (Å²) in [4.78, 5) is 14.3. The van der Waals surface area contributed by atoms with Crippen molar-refractivity contribution in [3.63, 3.8) is 0 Å². The molecule has 0 fully saturated rings. The second-order valence-corrected chi connectivity index (χ2v) is 5.86. The van der Waals surface area contributed by atoms with E-state index in [1.165, 1.54) is 5.56 Å². The van der Waals surface area contributed by atoms with E-state index in [2.05, 4.69) is 47.1 Å². The van der Waals surface area contributed by atoms with Crippen LogP contribution in [0.4, 0.5) is 5.69 Å². The minimum absolute atomic E-state index is 0.0867. The molecule has 0 unspecified atom stereocenters. The molecule has 1 heterocycles. The molecular formula is C18H18BrNO2. The highest BCUT2D eigenvalue weighted by Gasteiger charge is 2.27. The Kier molecular flexibility index (Phi) is 4.21. The van der Waals surface area contributed by atoms with Gasteiger partial charge in [-0.25, -0.2) is 0 Å². The zero-order chi connectivity index (χ0) is 15.7. The van der Waals surface area contributed by atoms with Crippen molar-refractivity contribution >= 4 is 27.5 Å². The molecule has 2 aromatic rings. The lowest BCUT2D eigenvalue weighted by Gasteiger charge is -2.33. The molecule has 3 nitrogen and oxygen atoms in total. The third-order valence-electron chi connectivity index (χ3n) is 4.12. The van der Waals surface area contributed by atoms with Crippen LogP contribution in [0.3, 0.4) is 0 Å². The van der Waals surface area contributed by atoms with Crippen molar-refractivity contribution in [2.75, 3.05) is 17.3 Å². The summed E-state index contributed by atoms with van der Waals surface area (Å²) in [5.41, 5.74) is 5.64. The Morgan fingerprint density at radius 1 is 1.27 bits per heavy atom. The van der Waals surface area contributed by atoms with Gasteiger partial charge in [-0.15, -0.1) is 0 Å². The average Bonchev–Trinajstić information content (AvgIpc) is 2.59. The number of halogens is 1. The van der Waals surface area contributed by atoms with E-state index >= 15 is 0 Å². The summed E-state index contributed by atoms with van der Waals surface area (Å²) in [6, 6.07) is 12.3. The van der Waals surface area contributed by atoms with Crippen LogP contribution in [0.25, 0.3) is 11.1 Å². The van der Waals surface area contributed by atoms with Crippen molar-refractivity contribution in [1.29, 1.82) is 0 Å². The maximum Gasteiger partial charge on any atom is 0.237 e. The second-order valence-electron chi connectivity index (χ2n) is 5.30. The third kappa shape index (κ3) is 2.41. The highest BCUT2D eigenvalue weighted by molar-refractivity contribution is 9.09. The van der Waals surface area contributed by atoms with Crippen molar-refractivity contribution in [1.82, 2.24) is 0 Å². The molecule has 0 saturated carbocycles. The topological polar surface area (TPSA) is 29.5 Å². The number of hydrogen-bond acceptors (Lipinski definition) is 2. The molecule has 4 heteroatoms. The zero-order valence-corrected chi connectivity index (χ0v) is 14.3. The number of rotatable bonds is 3. The van der Waals surface area contributed by atoms with Gasteiger partial charge < -0.3 is 9.64 Å². The number of carbonyl (C=O) groups excluding carboxylic acids is 1. The molecule has 1 aliphatic heterocycles. The van der Waals surface area contributed by atoms with Gasteiger partial charge in [0.15, 0.2) is 0 Å². The maximum atomic E-state index is 12.4. The molecule has 1 amide bonds. The highest BCUT2D eigenvalue weighted by Crippen LogP contribution is 2.42. The maximum absolute atomic E-state index is 12.4. The number of anilines is 1. The monoisotopic (exact) mass is 359 g/mol. The smallest absolute Gasteiger partial charge is 0.237 e. The molecule has 1 aliphatic rings. The zero-order valence-electron chi connectivity index (χ0n) is 12.7. The largest absolute Gasteiger partial charge is 0.497 e. The van der Waals surface area contributed by atoms with Gasteiger partial charge in [0, 0.05) is 5.56 Å². The minimum atomic E-state index is 0.0867. The van der Waals surface area contributed by atoms with Crippen molar-refractivity contribution < 1.29 is 9.53 Å². The number of hydrogen-bond donors (Lipinski definition) is 0. The van der Waals surface area contributed by atoms with Gasteiger partial charge in [0.1, 0.15) is 5.75 Å². The fraction of sp³-hybridized carbons (Fsp3) is 0.278. The molecule has 0 N–H and O–H groups in total. The number of nitrogens with zero attached hydrogens (tertiary/aromatic N) is 1. The van der Waals surface area contributed by atoms with Gasteiger partial charge in [0.25, 0.3) is 0 Å². The summed E-state index contributed by atoms with van der Waals surface area (Å²) in [7, 11) is 1.68. The van der Waals surface area contributed by atoms with Crippen LogP contribution < -0.4 is 9.64 Å². The van der Waals surface area contributed by atoms with Crippen LogP contribution in [0.15, 0.2) is 36.4 Å². The summed E-state index contributed by atoms with van der Waals surface area (Å²) in [6.45, 7) is 2.72. The Morgan fingerprint density at radius 3 is 2.77 bits per heavy atom. The van der Waals surface area contributed by atoms with E-state index in [1.54, 1.807) is 7.11 Å². The Labute approximate surface area is 139 Å². The van der Waals surface area contributed by atoms with Gasteiger partial charge >= 0.3 is 0 Å². The summed E-state index contributed by atoms with van der Waals surface area (Å²) in [6.07, 6.45) is 0.897. The number of ether oxygens (including phenoxy) is 1. The second kappa shape index (κ2) is 6.13. The SMILES string of the molecule is CCc1cccc2c1N(C(=O)CBr)Cc1ccc(OC)cc1-2. The number of methoxy groups -OCH3 is 1. The third-order valence-corrected chi connectivity index (χ3v) is 4.60. The molecule has 2 aromatic carbocycles. The fourth-order valence-corrected chi connectivity index (χ4v) is 3.32. The van der Waals surface area contributed by atoms with E-state index in [0.717, 1.165) is 34.5 Å². The van der Waals surface area contributed by atoms with E-state index in [1.807, 2.05) is 17.0 Å². The van der Waals surface area contributed by atoms with Crippen LogP contribution in [0.2, 0.25) is 0 Å². The van der Waals surface area contributed by atoms with Gasteiger partial charge in [0.2, 0.25) is 5.91 Å². The number of fused-ring (bicyclic) bond motifs is 3. The van der Waals surface area contributed by atoms with Crippen molar-refractivity contribution in [2.24, 2.45) is 0 Å². The molecule has 0 aliphatic carbocycles. The number of carbonyl (C=O) groups is 1. The Hall–Kier alpha value is -1.81. The summed E-state index contributed by atoms with van der Waals surface area (Å²) >= 11 is 3.30. The molecule has 114 valence electrons. The van der Waals surface area contributed by atoms with Crippen molar-refractivity contribution in [3.8, 4) is 16.9 Å². The Balaban J connectivity index is 2.24. The van der Waals surface area contributed by atoms with E-state index in [0.29, 0.717) is 11.9 Å². The number of aryl methyl sites for hydroxylation is 1. The first kappa shape index (κ1) is 15.1. The molecule has 0 spiro atoms. The fourth-order valence-electron chi connectivity index (χ4n) is 3.02. The lowest BCUT2D eigenvalue weighted by atomic mass is 9.90. The van der Waals surface area contributed by atoms with Gasteiger partial charge in [-0.3, -0.25) is 4.79 Å². The Bertz CT molecular complexity index is 727. The lowest BCUT2D eigenvalue weighted by Crippen LogP contribution is -2.34. The lowest BCUT2D eigenvalue weighted by molar-refractivity contribution is -0.116. The normalized spacial score (nSPS) is 12.6. The predicted octanol–water partition coefficient (Wildman–Crippen LogP) is 4.17. The predicted molar refractivity (Wildman–Crippen MR) is 92.8 cm³/mol. The van der Waals surface area contributed by atoms with Crippen LogP contribution in [0.5, 0.6) is 5.75 Å². The molecule has 0 saturated heterocycles. The van der Waals surface area contributed by atoms with Crippen LogP contribution in [0.1, 0.15) is 18.1 Å². The quantitative estimate of drug-likeness (QED) is 0.769. The Morgan fingerprint density at radius 2 is 2.09 bits per heavy atom. The van der Waals surface area contributed by atoms with E-state index in [4.69, 9.17) is 4.74 Å². The van der Waals surface area contributed by atoms with E-state index < -0.39 is 0 Å². The van der Waals surface area contributed by atoms with Crippen LogP contribution in [0, 0.1) is 0 Å². The van der Waals surface area contributed by atoms with Crippen molar-refractivity contribution in [3.05, 3.63) is 47.5 Å². The molecule has 0 radical (unpaired) electrons. The number of para-hydroxylation sites is 1. The summed E-state index contributed by atoms with van der Waals surface area (Å²) < 4.78 is 5.36. The molecule has 0 atom stereocenters. The standard InChI is InChI=1S/C18H18BrNO2/c1-3-12-5-4-6-15-16-9-14(22-2)8-7-13(16)11-20(18(12)15)17(21)10-19/h4-9H,3,10-11H2,1-2H3. The molecule has 3 rings (SSSR count). The van der Waals surface area contributed by atoms with Gasteiger partial charge in [-0.1, -0.05) is 47.1 Å². The van der Waals surface area contributed by atoms with Crippen molar-refractivity contribution in [2.45, 2.75) is 19.9 Å². The first-order valence-corrected chi connectivity index (χ1v) is 8.47. The first-order valence-electron chi connectivity index (χ1n) is 7.35. The van der Waals surface area contributed by atoms with Crippen LogP contribution in [-0.4, -0.2) is 18.3 Å². The van der Waals surface area contributed by atoms with Gasteiger partial charge in [0.05, 0.1) is 24.7 Å². The highest BCUT2D eigenvalue weighted by atomic mass is 79.9. The van der Waals surface area contributed by atoms with Gasteiger partial charge in [-0.05, 0) is 35.2 Å². The number of amides is 1. The minimum Gasteiger partial charge on any atom is -0.497 e. The molecule has 0 aromatic heterocycles. The molecular weight excluding hydrogens is 342 g/mol. The number of alkyl halides is 1. The summed E-state index contributed by atoms with van der Waals surface area (Å²) in [5, 5.41) is 0.329. The van der Waals surface area contributed by atoms with Crippen LogP contribution in [-0.2, 0) is 17.8 Å². The summed E-state index contributed by atoms with van der Waals surface area (Å²) in [5.74, 6) is 0.926. The van der Waals surface area contributed by atoms with E-state index in [9.17, 15) is 4.79 Å². The molecule has 0 bridgehead atoms.